The van der Waals surface area contributed by atoms with Crippen molar-refractivity contribution in [3.63, 3.8) is 0 Å². The summed E-state index contributed by atoms with van der Waals surface area (Å²) in [6.07, 6.45) is 7.32. The van der Waals surface area contributed by atoms with Gasteiger partial charge in [-0.3, -0.25) is 19.7 Å². The van der Waals surface area contributed by atoms with Crippen molar-refractivity contribution >= 4 is 23.6 Å². The highest BCUT2D eigenvalue weighted by molar-refractivity contribution is 6.05. The van der Waals surface area contributed by atoms with E-state index in [0.29, 0.717) is 42.2 Å². The number of nitrogens with one attached hydrogen (secondary N) is 2. The molecule has 0 atom stereocenters. The molecule has 4 rings (SSSR count). The van der Waals surface area contributed by atoms with Crippen molar-refractivity contribution in [2.45, 2.75) is 19.9 Å². The predicted octanol–water partition coefficient (Wildman–Crippen LogP) is 4.34. The van der Waals surface area contributed by atoms with Gasteiger partial charge in [0.2, 0.25) is 0 Å². The Morgan fingerprint density at radius 3 is 2.68 bits per heavy atom. The smallest absolute Gasteiger partial charge is 0.270 e. The maximum atomic E-state index is 13.0. The third-order valence-corrected chi connectivity index (χ3v) is 5.50. The monoisotopic (exact) mass is 499 g/mol. The molecule has 37 heavy (non-hydrogen) atoms. The summed E-state index contributed by atoms with van der Waals surface area (Å²) in [6.45, 7) is 2.98. The van der Waals surface area contributed by atoms with Crippen LogP contribution in [0.25, 0.3) is 17.4 Å². The number of non-ortho nitro benzene ring substituents is 1. The molecule has 2 aromatic heterocycles. The lowest BCUT2D eigenvalue weighted by Crippen LogP contribution is -2.35. The Morgan fingerprint density at radius 1 is 1.14 bits per heavy atom. The standard InChI is InChI=1S/C27H25N5O5/c1-19-6-8-20(9-7-19)26(33)30-24(27(34)29-12-3-14-31-15-13-28-18-31)17-23-10-11-25(37-23)21-4-2-5-22(16-21)32(35)36/h2,4-11,13,15-18H,3,12,14H2,1H3,(H,29,34)(H,30,33). The van der Waals surface area contributed by atoms with Crippen LogP contribution in [0.3, 0.4) is 0 Å². The molecule has 2 heterocycles. The first-order valence-electron chi connectivity index (χ1n) is 11.6. The lowest BCUT2D eigenvalue weighted by atomic mass is 10.1. The fourth-order valence-corrected chi connectivity index (χ4v) is 3.54. The molecular weight excluding hydrogens is 474 g/mol. The van der Waals surface area contributed by atoms with Crippen LogP contribution in [-0.2, 0) is 11.3 Å². The molecule has 0 unspecified atom stereocenters. The molecule has 4 aromatic rings. The van der Waals surface area contributed by atoms with E-state index in [1.165, 1.54) is 18.2 Å². The molecule has 2 N–H and O–H groups in total. The number of amides is 2. The van der Waals surface area contributed by atoms with Crippen LogP contribution in [0.2, 0.25) is 0 Å². The highest BCUT2D eigenvalue weighted by Crippen LogP contribution is 2.26. The lowest BCUT2D eigenvalue weighted by Gasteiger charge is -2.11. The molecule has 188 valence electrons. The van der Waals surface area contributed by atoms with E-state index in [9.17, 15) is 19.7 Å². The van der Waals surface area contributed by atoms with Crippen molar-refractivity contribution in [2.75, 3.05) is 6.54 Å². The van der Waals surface area contributed by atoms with Crippen molar-refractivity contribution in [1.29, 1.82) is 0 Å². The predicted molar refractivity (Wildman–Crippen MR) is 137 cm³/mol. The minimum absolute atomic E-state index is 0.00754. The van der Waals surface area contributed by atoms with Crippen LogP contribution in [0.4, 0.5) is 5.69 Å². The summed E-state index contributed by atoms with van der Waals surface area (Å²) < 4.78 is 7.73. The number of nitrogens with zero attached hydrogens (tertiary/aromatic N) is 3. The average molecular weight is 500 g/mol. The fourth-order valence-electron chi connectivity index (χ4n) is 3.54. The van der Waals surface area contributed by atoms with Gasteiger partial charge in [0.1, 0.15) is 17.2 Å². The van der Waals surface area contributed by atoms with Gasteiger partial charge in [-0.25, -0.2) is 4.98 Å². The molecule has 0 bridgehead atoms. The summed E-state index contributed by atoms with van der Waals surface area (Å²) in [7, 11) is 0. The third kappa shape index (κ3) is 6.79. The van der Waals surface area contributed by atoms with E-state index in [2.05, 4.69) is 15.6 Å². The molecule has 0 aliphatic carbocycles. The van der Waals surface area contributed by atoms with Crippen LogP contribution in [0.1, 0.15) is 28.1 Å². The first kappa shape index (κ1) is 25.1. The van der Waals surface area contributed by atoms with Gasteiger partial charge in [0.25, 0.3) is 17.5 Å². The number of hydrogen-bond acceptors (Lipinski definition) is 6. The van der Waals surface area contributed by atoms with Crippen molar-refractivity contribution in [3.05, 3.63) is 112 Å². The van der Waals surface area contributed by atoms with E-state index >= 15 is 0 Å². The first-order valence-corrected chi connectivity index (χ1v) is 11.6. The fraction of sp³-hybridized carbons (Fsp3) is 0.148. The molecule has 0 spiro atoms. The molecule has 0 aliphatic rings. The second-order valence-corrected chi connectivity index (χ2v) is 8.30. The molecule has 0 saturated carbocycles. The van der Waals surface area contributed by atoms with Gasteiger partial charge in [-0.2, -0.15) is 0 Å². The Bertz CT molecular complexity index is 1420. The summed E-state index contributed by atoms with van der Waals surface area (Å²) in [4.78, 5) is 40.4. The minimum Gasteiger partial charge on any atom is -0.457 e. The number of rotatable bonds is 10. The number of aryl methyl sites for hydroxylation is 2. The van der Waals surface area contributed by atoms with Crippen molar-refractivity contribution in [2.24, 2.45) is 0 Å². The summed E-state index contributed by atoms with van der Waals surface area (Å²) in [5.41, 5.74) is 1.87. The van der Waals surface area contributed by atoms with Gasteiger partial charge in [-0.05, 0) is 37.6 Å². The number of carbonyl (C=O) groups is 2. The second kappa shape index (κ2) is 11.6. The zero-order valence-electron chi connectivity index (χ0n) is 20.1. The highest BCUT2D eigenvalue weighted by Gasteiger charge is 2.16. The van der Waals surface area contributed by atoms with Crippen LogP contribution in [0.5, 0.6) is 0 Å². The van der Waals surface area contributed by atoms with Crippen molar-refractivity contribution < 1.29 is 18.9 Å². The number of furan rings is 1. The topological polar surface area (TPSA) is 132 Å². The molecule has 10 heteroatoms. The van der Waals surface area contributed by atoms with Gasteiger partial charge < -0.3 is 19.6 Å². The third-order valence-electron chi connectivity index (χ3n) is 5.50. The number of aromatic nitrogens is 2. The van der Waals surface area contributed by atoms with Gasteiger partial charge in [-0.1, -0.05) is 29.8 Å². The van der Waals surface area contributed by atoms with Gasteiger partial charge in [0.05, 0.1) is 11.3 Å². The van der Waals surface area contributed by atoms with Crippen LogP contribution in [-0.4, -0.2) is 32.8 Å². The van der Waals surface area contributed by atoms with E-state index in [0.717, 1.165) is 5.56 Å². The zero-order chi connectivity index (χ0) is 26.2. The molecule has 0 radical (unpaired) electrons. The molecule has 0 saturated heterocycles. The van der Waals surface area contributed by atoms with Gasteiger partial charge >= 0.3 is 0 Å². The number of nitro groups is 1. The molecule has 0 fully saturated rings. The Morgan fingerprint density at radius 2 is 1.95 bits per heavy atom. The van der Waals surface area contributed by atoms with E-state index in [-0.39, 0.29) is 11.4 Å². The normalized spacial score (nSPS) is 11.2. The van der Waals surface area contributed by atoms with Gasteiger partial charge in [-0.15, -0.1) is 0 Å². The number of imidazole rings is 1. The second-order valence-electron chi connectivity index (χ2n) is 8.30. The van der Waals surface area contributed by atoms with Crippen LogP contribution in [0, 0.1) is 17.0 Å². The lowest BCUT2D eigenvalue weighted by molar-refractivity contribution is -0.384. The summed E-state index contributed by atoms with van der Waals surface area (Å²) >= 11 is 0. The molecule has 10 nitrogen and oxygen atoms in total. The van der Waals surface area contributed by atoms with Crippen molar-refractivity contribution in [1.82, 2.24) is 20.2 Å². The SMILES string of the molecule is Cc1ccc(C(=O)NC(=Cc2ccc(-c3cccc([N+](=O)[O-])c3)o2)C(=O)NCCCn2ccnc2)cc1. The highest BCUT2D eigenvalue weighted by atomic mass is 16.6. The summed E-state index contributed by atoms with van der Waals surface area (Å²) in [6, 6.07) is 16.3. The molecular formula is C27H25N5O5. The van der Waals surface area contributed by atoms with E-state index in [4.69, 9.17) is 4.42 Å². The minimum atomic E-state index is -0.483. The van der Waals surface area contributed by atoms with E-state index in [1.54, 1.807) is 48.9 Å². The van der Waals surface area contributed by atoms with Crippen molar-refractivity contribution in [3.8, 4) is 11.3 Å². The Labute approximate surface area is 212 Å². The largest absolute Gasteiger partial charge is 0.457 e. The maximum absolute atomic E-state index is 13.0. The number of carbonyl (C=O) groups excluding carboxylic acids is 2. The first-order chi connectivity index (χ1) is 17.9. The van der Waals surface area contributed by atoms with E-state index in [1.807, 2.05) is 29.8 Å². The zero-order valence-corrected chi connectivity index (χ0v) is 20.1. The maximum Gasteiger partial charge on any atom is 0.270 e. The summed E-state index contributed by atoms with van der Waals surface area (Å²) in [5.74, 6) is -0.223. The van der Waals surface area contributed by atoms with Gasteiger partial charge in [0, 0.05) is 54.8 Å². The van der Waals surface area contributed by atoms with Crippen LogP contribution < -0.4 is 10.6 Å². The quantitative estimate of drug-likeness (QED) is 0.144. The number of nitro benzene ring substituents is 1. The molecule has 2 aromatic carbocycles. The average Bonchev–Trinajstić information content (AvgIpc) is 3.59. The van der Waals surface area contributed by atoms with Gasteiger partial charge in [0.15, 0.2) is 0 Å². The number of benzene rings is 2. The van der Waals surface area contributed by atoms with Crippen LogP contribution >= 0.6 is 0 Å². The van der Waals surface area contributed by atoms with Crippen LogP contribution in [0.15, 0.2) is 89.5 Å². The molecule has 0 aliphatic heterocycles. The number of hydrogen-bond donors (Lipinski definition) is 2. The Hall–Kier alpha value is -4.99. The summed E-state index contributed by atoms with van der Waals surface area (Å²) in [5, 5.41) is 16.6. The molecule has 2 amide bonds. The van der Waals surface area contributed by atoms with E-state index < -0.39 is 16.7 Å². The Balaban J connectivity index is 1.52. The Kier molecular flexibility index (Phi) is 7.89.